The fourth-order valence-electron chi connectivity index (χ4n) is 5.93. The smallest absolute Gasteiger partial charge is 0.256 e. The zero-order valence-electron chi connectivity index (χ0n) is 19.3. The van der Waals surface area contributed by atoms with Crippen LogP contribution in [0.25, 0.3) is 0 Å². The number of fused-ring (bicyclic) bond motifs is 2. The average Bonchev–Trinajstić information content (AvgIpc) is 3.15. The number of piperidine rings is 1. The molecule has 1 spiro atoms. The number of aliphatic imine (C=N–C) groups is 1. The van der Waals surface area contributed by atoms with Crippen LogP contribution in [0, 0.1) is 0 Å². The van der Waals surface area contributed by atoms with Crippen LogP contribution in [-0.4, -0.2) is 69.5 Å². The van der Waals surface area contributed by atoms with Crippen LogP contribution in [0.3, 0.4) is 0 Å². The molecule has 3 aliphatic heterocycles. The highest BCUT2D eigenvalue weighted by Gasteiger charge is 2.63. The molecule has 5 aliphatic rings. The van der Waals surface area contributed by atoms with E-state index < -0.39 is 21.0 Å². The molecule has 1 aromatic rings. The summed E-state index contributed by atoms with van der Waals surface area (Å²) < 4.78 is 27.0. The van der Waals surface area contributed by atoms with Gasteiger partial charge in [-0.1, -0.05) is 6.08 Å². The Kier molecular flexibility index (Phi) is 4.92. The van der Waals surface area contributed by atoms with E-state index >= 15 is 0 Å². The lowest BCUT2D eigenvalue weighted by Gasteiger charge is -2.34. The molecule has 11 heteroatoms. The van der Waals surface area contributed by atoms with Crippen molar-refractivity contribution in [2.75, 3.05) is 23.3 Å². The lowest BCUT2D eigenvalue weighted by atomic mass is 9.98. The fraction of sp³-hybridized carbons (Fsp3) is 0.652. The summed E-state index contributed by atoms with van der Waals surface area (Å²) >= 11 is 0. The zero-order chi connectivity index (χ0) is 23.7. The lowest BCUT2D eigenvalue weighted by molar-refractivity contribution is -0.121. The van der Waals surface area contributed by atoms with Crippen LogP contribution in [0.1, 0.15) is 63.9 Å². The van der Waals surface area contributed by atoms with Crippen LogP contribution < -0.4 is 10.2 Å². The lowest BCUT2D eigenvalue weighted by Crippen LogP contribution is -2.50. The van der Waals surface area contributed by atoms with Crippen molar-refractivity contribution in [2.45, 2.75) is 81.4 Å². The molecule has 10 nitrogen and oxygen atoms in total. The number of rotatable bonds is 4. The first kappa shape index (κ1) is 22.1. The molecule has 0 bridgehead atoms. The van der Waals surface area contributed by atoms with Crippen LogP contribution in [0.4, 0.5) is 11.8 Å². The summed E-state index contributed by atoms with van der Waals surface area (Å²) in [5.74, 6) is 1.11. The Bertz CT molecular complexity index is 1200. The summed E-state index contributed by atoms with van der Waals surface area (Å²) in [5, 5.41) is 14.5. The Morgan fingerprint density at radius 1 is 1.18 bits per heavy atom. The Morgan fingerprint density at radius 3 is 2.56 bits per heavy atom. The van der Waals surface area contributed by atoms with Gasteiger partial charge in [-0.05, 0) is 51.9 Å². The first-order valence-corrected chi connectivity index (χ1v) is 13.6. The van der Waals surface area contributed by atoms with Crippen LogP contribution in [-0.2, 0) is 20.2 Å². The van der Waals surface area contributed by atoms with Gasteiger partial charge in [0.25, 0.3) is 10.0 Å². The molecule has 6 rings (SSSR count). The summed E-state index contributed by atoms with van der Waals surface area (Å²) in [4.78, 5) is 28.4. The molecule has 0 aromatic carbocycles. The molecule has 2 aliphatic carbocycles. The van der Waals surface area contributed by atoms with Gasteiger partial charge >= 0.3 is 0 Å². The van der Waals surface area contributed by atoms with Gasteiger partial charge in [-0.25, -0.2) is 18.4 Å². The van der Waals surface area contributed by atoms with Gasteiger partial charge in [-0.15, -0.1) is 0 Å². The molecular weight excluding hydrogens is 456 g/mol. The number of amides is 1. The molecule has 1 amide bonds. The third-order valence-electron chi connectivity index (χ3n) is 8.12. The minimum Gasteiger partial charge on any atom is -0.388 e. The first-order chi connectivity index (χ1) is 16.2. The second-order valence-electron chi connectivity index (χ2n) is 10.4. The number of anilines is 2. The van der Waals surface area contributed by atoms with Crippen molar-refractivity contribution in [3.8, 4) is 0 Å². The van der Waals surface area contributed by atoms with E-state index in [9.17, 15) is 18.3 Å². The Labute approximate surface area is 199 Å². The van der Waals surface area contributed by atoms with Gasteiger partial charge < -0.3 is 10.4 Å². The maximum atomic E-state index is 13.4. The van der Waals surface area contributed by atoms with Gasteiger partial charge in [0, 0.05) is 43.5 Å². The molecule has 182 valence electrons. The number of nitrogens with one attached hydrogen (secondary N) is 1. The van der Waals surface area contributed by atoms with Crippen molar-refractivity contribution in [2.24, 2.45) is 4.99 Å². The number of aromatic nitrogens is 2. The quantitative estimate of drug-likeness (QED) is 0.663. The standard InChI is InChI=1S/C23H30N6O4S/c1-22(31)8-2-4-17(22)29-19-16(23(9-10-23)20(29)30)14-25-21(27-19)26-15-6-12-28(13-7-15)34(32,33)18-5-3-11-24-18/h3,11,14-15,17,31H,2,4-10,12-13H2,1H3,(H,25,26,27)/t17-,22-/m1/s1. The monoisotopic (exact) mass is 486 g/mol. The predicted molar refractivity (Wildman–Crippen MR) is 127 cm³/mol. The van der Waals surface area contributed by atoms with Gasteiger partial charge in [0.15, 0.2) is 5.04 Å². The molecular formula is C23H30N6O4S. The number of carbonyl (C=O) groups is 1. The largest absolute Gasteiger partial charge is 0.388 e. The van der Waals surface area contributed by atoms with E-state index in [-0.39, 0.29) is 23.0 Å². The molecule has 34 heavy (non-hydrogen) atoms. The number of nitrogens with zero attached hydrogens (tertiary/aromatic N) is 5. The van der Waals surface area contributed by atoms with E-state index in [1.807, 2.05) is 6.92 Å². The van der Waals surface area contributed by atoms with Gasteiger partial charge in [-0.2, -0.15) is 9.29 Å². The minimum atomic E-state index is -3.51. The van der Waals surface area contributed by atoms with E-state index in [1.165, 1.54) is 10.5 Å². The van der Waals surface area contributed by atoms with Crippen molar-refractivity contribution in [1.29, 1.82) is 0 Å². The summed E-state index contributed by atoms with van der Waals surface area (Å²) in [6.07, 6.45) is 10.6. The highest BCUT2D eigenvalue weighted by molar-refractivity contribution is 8.04. The topological polar surface area (TPSA) is 128 Å². The SMILES string of the molecule is C[C@@]1(O)CCC[C@H]1N1C(=O)C2(CC2)c2cnc(NC3CCN(S(=O)(=O)C4=NC=CC4)CC3)nc21. The summed E-state index contributed by atoms with van der Waals surface area (Å²) in [7, 11) is -3.51. The second kappa shape index (κ2) is 7.56. The molecule has 4 heterocycles. The molecule has 2 N–H and O–H groups in total. The van der Waals surface area contributed by atoms with Crippen LogP contribution in [0.15, 0.2) is 23.5 Å². The van der Waals surface area contributed by atoms with Crippen LogP contribution in [0.2, 0.25) is 0 Å². The Morgan fingerprint density at radius 2 is 1.94 bits per heavy atom. The molecule has 0 radical (unpaired) electrons. The summed E-state index contributed by atoms with van der Waals surface area (Å²) in [6.45, 7) is 2.62. The number of allylic oxidation sites excluding steroid dienone is 1. The third-order valence-corrected chi connectivity index (χ3v) is 10.0. The summed E-state index contributed by atoms with van der Waals surface area (Å²) in [5.41, 5.74) is -0.564. The summed E-state index contributed by atoms with van der Waals surface area (Å²) in [6, 6.07) is -0.244. The van der Waals surface area contributed by atoms with Crippen molar-refractivity contribution in [1.82, 2.24) is 14.3 Å². The second-order valence-corrected chi connectivity index (χ2v) is 12.3. The fourth-order valence-corrected chi connectivity index (χ4v) is 7.42. The van der Waals surface area contributed by atoms with Crippen LogP contribution >= 0.6 is 0 Å². The van der Waals surface area contributed by atoms with E-state index in [0.717, 1.165) is 31.2 Å². The third kappa shape index (κ3) is 3.31. The maximum absolute atomic E-state index is 13.4. The number of hydrogen-bond acceptors (Lipinski definition) is 8. The van der Waals surface area contributed by atoms with Crippen molar-refractivity contribution >= 4 is 32.7 Å². The number of aliphatic hydroxyl groups is 1. The molecule has 2 saturated carbocycles. The molecule has 2 atom stereocenters. The van der Waals surface area contributed by atoms with E-state index in [2.05, 4.69) is 15.3 Å². The van der Waals surface area contributed by atoms with E-state index in [0.29, 0.717) is 50.5 Å². The molecule has 1 saturated heterocycles. The molecule has 0 unspecified atom stereocenters. The minimum absolute atomic E-state index is 0.0307. The molecule has 3 fully saturated rings. The van der Waals surface area contributed by atoms with Crippen molar-refractivity contribution in [3.05, 3.63) is 24.0 Å². The highest BCUT2D eigenvalue weighted by atomic mass is 32.2. The van der Waals surface area contributed by atoms with E-state index in [4.69, 9.17) is 4.98 Å². The Hall–Kier alpha value is -2.37. The first-order valence-electron chi connectivity index (χ1n) is 12.1. The maximum Gasteiger partial charge on any atom is 0.256 e. The van der Waals surface area contributed by atoms with Crippen LogP contribution in [0.5, 0.6) is 0 Å². The highest BCUT2D eigenvalue weighted by Crippen LogP contribution is 2.58. The van der Waals surface area contributed by atoms with Gasteiger partial charge in [0.2, 0.25) is 11.9 Å². The van der Waals surface area contributed by atoms with E-state index in [1.54, 1.807) is 17.2 Å². The van der Waals surface area contributed by atoms with Gasteiger partial charge in [0.05, 0.1) is 17.1 Å². The number of hydrogen-bond donors (Lipinski definition) is 2. The average molecular weight is 487 g/mol. The van der Waals surface area contributed by atoms with Gasteiger partial charge in [-0.3, -0.25) is 9.69 Å². The van der Waals surface area contributed by atoms with Crippen molar-refractivity contribution < 1.29 is 18.3 Å². The number of carbonyl (C=O) groups excluding carboxylic acids is 1. The Balaban J connectivity index is 1.19. The van der Waals surface area contributed by atoms with Crippen molar-refractivity contribution in [3.63, 3.8) is 0 Å². The zero-order valence-corrected chi connectivity index (χ0v) is 20.1. The normalized spacial score (nSPS) is 30.8. The van der Waals surface area contributed by atoms with Gasteiger partial charge in [0.1, 0.15) is 5.82 Å². The predicted octanol–water partition coefficient (Wildman–Crippen LogP) is 1.68. The molecule has 1 aromatic heterocycles. The number of sulfonamides is 1.